The molecule has 0 saturated carbocycles. The summed E-state index contributed by atoms with van der Waals surface area (Å²) < 4.78 is 59.9. The van der Waals surface area contributed by atoms with Crippen molar-refractivity contribution in [2.45, 2.75) is 94.0 Å². The quantitative estimate of drug-likeness (QED) is 0.178. The lowest BCUT2D eigenvalue weighted by Crippen LogP contribution is -2.58. The van der Waals surface area contributed by atoms with Crippen molar-refractivity contribution in [1.29, 1.82) is 0 Å². The molecule has 0 radical (unpaired) electrons. The highest BCUT2D eigenvalue weighted by molar-refractivity contribution is 7.89. The Labute approximate surface area is 326 Å². The van der Waals surface area contributed by atoms with E-state index >= 15 is 0 Å². The summed E-state index contributed by atoms with van der Waals surface area (Å²) >= 11 is 0. The standard InChI is InChI=1S/C42H58N4O8S/c1-30-7-14-36(15-8-30)55(48,49)46-28-40(54-29-31-9-16-39-38(25-31)45(20-24-53-39)19-6-21-50-4)37(32-10-12-35(51-5)13-11-32)26-34(46)27-42(2,3)44-41(47)43-33-17-22-52-23-18-33/h7-16,25,33-34,37,40H,6,17-24,26-29H2,1-5H3,(H2,43,44,47)/t34-,37+,40-/m0/s1. The van der Waals surface area contributed by atoms with Crippen LogP contribution < -0.4 is 25.0 Å². The van der Waals surface area contributed by atoms with E-state index in [4.69, 9.17) is 23.7 Å². The topological polar surface area (TPSA) is 128 Å². The molecule has 3 aromatic rings. The van der Waals surface area contributed by atoms with Crippen molar-refractivity contribution in [1.82, 2.24) is 14.9 Å². The van der Waals surface area contributed by atoms with Gasteiger partial charge in [0, 0.05) is 63.6 Å². The van der Waals surface area contributed by atoms with E-state index in [1.807, 2.05) is 69.3 Å². The van der Waals surface area contributed by atoms with E-state index in [1.54, 1.807) is 30.7 Å². The van der Waals surface area contributed by atoms with E-state index in [-0.39, 0.29) is 29.4 Å². The van der Waals surface area contributed by atoms with Crippen LogP contribution in [-0.2, 0) is 30.8 Å². The zero-order valence-electron chi connectivity index (χ0n) is 32.9. The number of nitrogens with zero attached hydrogens (tertiary/aromatic N) is 2. The summed E-state index contributed by atoms with van der Waals surface area (Å²) in [4.78, 5) is 15.8. The number of benzene rings is 3. The van der Waals surface area contributed by atoms with Gasteiger partial charge >= 0.3 is 6.03 Å². The lowest BCUT2D eigenvalue weighted by molar-refractivity contribution is -0.0233. The lowest BCUT2D eigenvalue weighted by Gasteiger charge is -2.45. The van der Waals surface area contributed by atoms with Crippen molar-refractivity contribution < 1.29 is 36.9 Å². The zero-order chi connectivity index (χ0) is 39.0. The number of aryl methyl sites for hydroxylation is 1. The molecule has 3 aliphatic rings. The van der Waals surface area contributed by atoms with Crippen LogP contribution in [0.15, 0.2) is 71.6 Å². The molecular formula is C42H58N4O8S. The smallest absolute Gasteiger partial charge is 0.315 e. The van der Waals surface area contributed by atoms with Gasteiger partial charge in [0.25, 0.3) is 0 Å². The van der Waals surface area contributed by atoms with Gasteiger partial charge in [0.2, 0.25) is 10.0 Å². The molecule has 13 heteroatoms. The third-order valence-electron chi connectivity index (χ3n) is 10.9. The maximum Gasteiger partial charge on any atom is 0.315 e. The average Bonchev–Trinajstić information content (AvgIpc) is 3.17. The summed E-state index contributed by atoms with van der Waals surface area (Å²) in [6, 6.07) is 20.4. The van der Waals surface area contributed by atoms with E-state index < -0.39 is 27.7 Å². The number of hydrogen-bond donors (Lipinski definition) is 2. The predicted molar refractivity (Wildman–Crippen MR) is 213 cm³/mol. The molecule has 0 spiro atoms. The number of urea groups is 1. The summed E-state index contributed by atoms with van der Waals surface area (Å²) in [6.07, 6.45) is 2.83. The highest BCUT2D eigenvalue weighted by atomic mass is 32.2. The fourth-order valence-corrected chi connectivity index (χ4v) is 9.61. The van der Waals surface area contributed by atoms with Gasteiger partial charge < -0.3 is 39.2 Å². The Hall–Kier alpha value is -3.88. The number of amides is 2. The molecule has 3 aliphatic heterocycles. The maximum atomic E-state index is 14.6. The van der Waals surface area contributed by atoms with Crippen molar-refractivity contribution >= 4 is 21.7 Å². The minimum Gasteiger partial charge on any atom is -0.497 e. The minimum atomic E-state index is -3.96. The molecule has 300 valence electrons. The molecule has 0 aromatic heterocycles. The molecule has 2 saturated heterocycles. The Balaban J connectivity index is 1.29. The third-order valence-corrected chi connectivity index (χ3v) is 12.8. The van der Waals surface area contributed by atoms with Crippen LogP contribution >= 0.6 is 0 Å². The Morgan fingerprint density at radius 2 is 1.73 bits per heavy atom. The van der Waals surface area contributed by atoms with Gasteiger partial charge in [-0.2, -0.15) is 4.31 Å². The van der Waals surface area contributed by atoms with E-state index in [1.165, 1.54) is 0 Å². The number of fused-ring (bicyclic) bond motifs is 1. The molecule has 3 heterocycles. The fourth-order valence-electron chi connectivity index (χ4n) is 7.97. The SMILES string of the molecule is COCCCN1CCOc2ccc(CO[C@H]3CN(S(=O)(=O)c4ccc(C)cc4)[C@H](CC(C)(C)NC(=O)NC4CCOCC4)C[C@@H]3c3ccc(OC)cc3)cc21. The first kappa shape index (κ1) is 40.8. The Morgan fingerprint density at radius 3 is 2.44 bits per heavy atom. The van der Waals surface area contributed by atoms with Gasteiger partial charge in [-0.3, -0.25) is 0 Å². The number of sulfonamides is 1. The monoisotopic (exact) mass is 778 g/mol. The van der Waals surface area contributed by atoms with Gasteiger partial charge in [0.1, 0.15) is 18.1 Å². The maximum absolute atomic E-state index is 14.6. The van der Waals surface area contributed by atoms with Gasteiger partial charge in [0.05, 0.1) is 36.9 Å². The summed E-state index contributed by atoms with van der Waals surface area (Å²) in [5.74, 6) is 1.44. The van der Waals surface area contributed by atoms with Crippen LogP contribution in [0.4, 0.5) is 10.5 Å². The van der Waals surface area contributed by atoms with Crippen LogP contribution in [0.3, 0.4) is 0 Å². The van der Waals surface area contributed by atoms with Gasteiger partial charge in [-0.1, -0.05) is 35.9 Å². The van der Waals surface area contributed by atoms with Crippen molar-refractivity contribution in [3.8, 4) is 11.5 Å². The number of hydrogen-bond acceptors (Lipinski definition) is 9. The number of carbonyl (C=O) groups is 1. The van der Waals surface area contributed by atoms with Gasteiger partial charge in [-0.15, -0.1) is 0 Å². The highest BCUT2D eigenvalue weighted by Crippen LogP contribution is 2.40. The molecule has 2 fully saturated rings. The van der Waals surface area contributed by atoms with E-state index in [0.29, 0.717) is 45.9 Å². The van der Waals surface area contributed by atoms with Crippen LogP contribution in [0.25, 0.3) is 0 Å². The molecule has 3 aromatic carbocycles. The predicted octanol–water partition coefficient (Wildman–Crippen LogP) is 6.02. The van der Waals surface area contributed by atoms with Crippen molar-refractivity contribution in [2.24, 2.45) is 0 Å². The third kappa shape index (κ3) is 10.5. The second-order valence-electron chi connectivity index (χ2n) is 15.6. The van der Waals surface area contributed by atoms with E-state index in [2.05, 4.69) is 21.6 Å². The van der Waals surface area contributed by atoms with Crippen LogP contribution in [0.1, 0.15) is 68.6 Å². The first-order valence-corrected chi connectivity index (χ1v) is 20.9. The minimum absolute atomic E-state index is 0.0383. The van der Waals surface area contributed by atoms with Crippen LogP contribution in [-0.4, -0.2) is 103 Å². The summed E-state index contributed by atoms with van der Waals surface area (Å²) in [5, 5.41) is 6.25. The molecular weight excluding hydrogens is 721 g/mol. The molecule has 0 unspecified atom stereocenters. The van der Waals surface area contributed by atoms with Crippen molar-refractivity contribution in [3.63, 3.8) is 0 Å². The first-order chi connectivity index (χ1) is 26.5. The largest absolute Gasteiger partial charge is 0.497 e. The summed E-state index contributed by atoms with van der Waals surface area (Å²) in [5.41, 5.74) is 3.28. The number of ether oxygens (including phenoxy) is 5. The molecule has 12 nitrogen and oxygen atoms in total. The molecule has 3 atom stereocenters. The van der Waals surface area contributed by atoms with Crippen molar-refractivity contribution in [3.05, 3.63) is 83.4 Å². The number of nitrogens with one attached hydrogen (secondary N) is 2. The zero-order valence-corrected chi connectivity index (χ0v) is 33.7. The summed E-state index contributed by atoms with van der Waals surface area (Å²) in [7, 11) is -0.600. The Morgan fingerprint density at radius 1 is 0.982 bits per heavy atom. The van der Waals surface area contributed by atoms with Crippen LogP contribution in [0.5, 0.6) is 11.5 Å². The van der Waals surface area contributed by atoms with Gasteiger partial charge in [0.15, 0.2) is 0 Å². The second kappa shape index (κ2) is 18.4. The van der Waals surface area contributed by atoms with E-state index in [0.717, 1.165) is 66.2 Å². The summed E-state index contributed by atoms with van der Waals surface area (Å²) in [6.45, 7) is 10.5. The first-order valence-electron chi connectivity index (χ1n) is 19.5. The number of piperidine rings is 1. The molecule has 2 N–H and O–H groups in total. The normalized spacial score (nSPS) is 21.0. The molecule has 0 bridgehead atoms. The van der Waals surface area contributed by atoms with Gasteiger partial charge in [-0.05, 0) is 100 Å². The van der Waals surface area contributed by atoms with E-state index in [9.17, 15) is 13.2 Å². The number of methoxy groups -OCH3 is 2. The average molecular weight is 779 g/mol. The lowest BCUT2D eigenvalue weighted by atomic mass is 9.80. The Bertz CT molecular complexity index is 1820. The Kier molecular flexibility index (Phi) is 13.6. The number of anilines is 1. The van der Waals surface area contributed by atoms with Crippen LogP contribution in [0, 0.1) is 6.92 Å². The molecule has 2 amide bonds. The molecule has 0 aliphatic carbocycles. The molecule has 6 rings (SSSR count). The van der Waals surface area contributed by atoms with Gasteiger partial charge in [-0.25, -0.2) is 13.2 Å². The van der Waals surface area contributed by atoms with Crippen molar-refractivity contribution in [2.75, 3.05) is 65.2 Å². The fraction of sp³-hybridized carbons (Fsp3) is 0.548. The molecule has 55 heavy (non-hydrogen) atoms. The van der Waals surface area contributed by atoms with Crippen LogP contribution in [0.2, 0.25) is 0 Å². The number of rotatable bonds is 15. The number of carbonyl (C=O) groups excluding carboxylic acids is 1. The second-order valence-corrected chi connectivity index (χ2v) is 17.5. The highest BCUT2D eigenvalue weighted by Gasteiger charge is 2.45.